The van der Waals surface area contributed by atoms with Gasteiger partial charge in [0.1, 0.15) is 0 Å². The Morgan fingerprint density at radius 3 is 2.65 bits per heavy atom. The first-order chi connectivity index (χ1) is 12.6. The highest BCUT2D eigenvalue weighted by Crippen LogP contribution is 2.31. The van der Waals surface area contributed by atoms with Crippen molar-refractivity contribution in [1.29, 1.82) is 0 Å². The Labute approximate surface area is 153 Å². The van der Waals surface area contributed by atoms with E-state index in [2.05, 4.69) is 15.5 Å². The molecule has 0 spiro atoms. The number of carboxylic acid groups (broad SMARTS) is 1. The van der Waals surface area contributed by atoms with Crippen LogP contribution in [-0.4, -0.2) is 27.1 Å². The summed E-state index contributed by atoms with van der Waals surface area (Å²) < 4.78 is 5.30. The molecular formula is C19H29N3O4. The van der Waals surface area contributed by atoms with Gasteiger partial charge in [0.05, 0.1) is 13.0 Å². The van der Waals surface area contributed by atoms with Gasteiger partial charge in [-0.2, -0.15) is 4.98 Å². The lowest BCUT2D eigenvalue weighted by Crippen LogP contribution is -2.24. The summed E-state index contributed by atoms with van der Waals surface area (Å²) in [6.07, 6.45) is 11.4. The molecular weight excluding hydrogens is 334 g/mol. The predicted molar refractivity (Wildman–Crippen MR) is 94.3 cm³/mol. The Balaban J connectivity index is 1.49. The number of hydrogen-bond acceptors (Lipinski definition) is 5. The van der Waals surface area contributed by atoms with Gasteiger partial charge in [-0.05, 0) is 25.2 Å². The number of nitrogens with zero attached hydrogens (tertiary/aromatic N) is 2. The molecule has 0 aliphatic heterocycles. The summed E-state index contributed by atoms with van der Waals surface area (Å²) in [4.78, 5) is 27.2. The van der Waals surface area contributed by atoms with Crippen molar-refractivity contribution >= 4 is 11.9 Å². The zero-order chi connectivity index (χ0) is 18.4. The van der Waals surface area contributed by atoms with E-state index in [-0.39, 0.29) is 30.7 Å². The number of aliphatic carboxylic acids is 1. The molecule has 1 atom stereocenters. The Kier molecular flexibility index (Phi) is 6.63. The van der Waals surface area contributed by atoms with E-state index >= 15 is 0 Å². The molecule has 144 valence electrons. The molecule has 2 fully saturated rings. The van der Waals surface area contributed by atoms with Crippen LogP contribution >= 0.6 is 0 Å². The second-order valence-electron chi connectivity index (χ2n) is 7.77. The van der Waals surface area contributed by atoms with Crippen molar-refractivity contribution in [2.45, 2.75) is 83.1 Å². The van der Waals surface area contributed by atoms with E-state index in [0.29, 0.717) is 11.7 Å². The summed E-state index contributed by atoms with van der Waals surface area (Å²) in [5.74, 6) is 0.645. The number of carboxylic acids is 1. The summed E-state index contributed by atoms with van der Waals surface area (Å²) in [5, 5.41) is 15.9. The maximum Gasteiger partial charge on any atom is 0.304 e. The van der Waals surface area contributed by atoms with Crippen LogP contribution in [0.4, 0.5) is 0 Å². The number of hydrogen-bond donors (Lipinski definition) is 2. The highest BCUT2D eigenvalue weighted by Gasteiger charge is 2.29. The van der Waals surface area contributed by atoms with Crippen LogP contribution in [0.15, 0.2) is 4.52 Å². The largest absolute Gasteiger partial charge is 0.481 e. The summed E-state index contributed by atoms with van der Waals surface area (Å²) >= 11 is 0. The third-order valence-corrected chi connectivity index (χ3v) is 5.51. The first kappa shape index (κ1) is 18.9. The average Bonchev–Trinajstić information content (AvgIpc) is 3.38. The number of carbonyl (C=O) groups excluding carboxylic acids is 1. The molecule has 1 aromatic heterocycles. The first-order valence-electron chi connectivity index (χ1n) is 9.94. The molecule has 26 heavy (non-hydrogen) atoms. The Hall–Kier alpha value is -1.92. The highest BCUT2D eigenvalue weighted by atomic mass is 16.5. The molecule has 3 rings (SSSR count). The van der Waals surface area contributed by atoms with E-state index in [0.717, 1.165) is 38.0 Å². The predicted octanol–water partition coefficient (Wildman–Crippen LogP) is 3.40. The molecule has 2 N–H and O–H groups in total. The number of amides is 1. The van der Waals surface area contributed by atoms with Crippen LogP contribution in [0.1, 0.15) is 88.3 Å². The van der Waals surface area contributed by atoms with Gasteiger partial charge in [-0.1, -0.05) is 50.1 Å². The van der Waals surface area contributed by atoms with Gasteiger partial charge in [-0.3, -0.25) is 9.59 Å². The van der Waals surface area contributed by atoms with Crippen molar-refractivity contribution in [2.24, 2.45) is 11.8 Å². The molecule has 0 radical (unpaired) electrons. The monoisotopic (exact) mass is 363 g/mol. The minimum absolute atomic E-state index is 0.000727. The van der Waals surface area contributed by atoms with Crippen molar-refractivity contribution < 1.29 is 19.2 Å². The van der Waals surface area contributed by atoms with Crippen LogP contribution in [0.3, 0.4) is 0 Å². The lowest BCUT2D eigenvalue weighted by molar-refractivity contribution is -0.137. The molecule has 0 saturated heterocycles. The fourth-order valence-electron chi connectivity index (χ4n) is 3.81. The number of aromatic nitrogens is 2. The van der Waals surface area contributed by atoms with Gasteiger partial charge in [0.2, 0.25) is 11.8 Å². The van der Waals surface area contributed by atoms with Crippen molar-refractivity contribution in [1.82, 2.24) is 15.5 Å². The number of nitrogens with one attached hydrogen (secondary N) is 1. The molecule has 1 heterocycles. The lowest BCUT2D eigenvalue weighted by atomic mass is 9.84. The van der Waals surface area contributed by atoms with Gasteiger partial charge in [-0.15, -0.1) is 0 Å². The molecule has 0 bridgehead atoms. The Morgan fingerprint density at radius 2 is 1.96 bits per heavy atom. The molecule has 1 unspecified atom stereocenters. The zero-order valence-corrected chi connectivity index (χ0v) is 15.3. The van der Waals surface area contributed by atoms with Gasteiger partial charge in [-0.25, -0.2) is 0 Å². The summed E-state index contributed by atoms with van der Waals surface area (Å²) in [6.45, 7) is 0.237. The Morgan fingerprint density at radius 1 is 1.19 bits per heavy atom. The molecule has 2 aliphatic rings. The van der Waals surface area contributed by atoms with Crippen LogP contribution in [0.25, 0.3) is 0 Å². The van der Waals surface area contributed by atoms with Gasteiger partial charge in [0.25, 0.3) is 0 Å². The van der Waals surface area contributed by atoms with E-state index in [9.17, 15) is 14.7 Å². The minimum Gasteiger partial charge on any atom is -0.481 e. The van der Waals surface area contributed by atoms with Gasteiger partial charge >= 0.3 is 5.97 Å². The topological polar surface area (TPSA) is 105 Å². The van der Waals surface area contributed by atoms with Crippen molar-refractivity contribution in [3.05, 3.63) is 11.7 Å². The van der Waals surface area contributed by atoms with Crippen LogP contribution in [0.5, 0.6) is 0 Å². The quantitative estimate of drug-likeness (QED) is 0.660. The molecule has 2 saturated carbocycles. The zero-order valence-electron chi connectivity index (χ0n) is 15.3. The fraction of sp³-hybridized carbons (Fsp3) is 0.789. The normalized spacial score (nSPS) is 19.2. The average molecular weight is 363 g/mol. The van der Waals surface area contributed by atoms with E-state index in [1.807, 2.05) is 0 Å². The van der Waals surface area contributed by atoms with Crippen LogP contribution in [0.2, 0.25) is 0 Å². The molecule has 7 heteroatoms. The number of carbonyl (C=O) groups is 2. The fourth-order valence-corrected chi connectivity index (χ4v) is 3.81. The molecule has 2 aliphatic carbocycles. The van der Waals surface area contributed by atoms with Crippen LogP contribution < -0.4 is 5.32 Å². The maximum absolute atomic E-state index is 11.7. The van der Waals surface area contributed by atoms with Crippen molar-refractivity contribution in [3.63, 3.8) is 0 Å². The first-order valence-corrected chi connectivity index (χ1v) is 9.94. The third kappa shape index (κ3) is 5.81. The van der Waals surface area contributed by atoms with Crippen LogP contribution in [0, 0.1) is 11.8 Å². The lowest BCUT2D eigenvalue weighted by Gasteiger charge is -2.21. The third-order valence-electron chi connectivity index (χ3n) is 5.51. The Bertz CT molecular complexity index is 606. The van der Waals surface area contributed by atoms with Gasteiger partial charge < -0.3 is 14.9 Å². The van der Waals surface area contributed by atoms with Gasteiger partial charge in [0.15, 0.2) is 5.82 Å². The molecule has 1 amide bonds. The minimum atomic E-state index is -0.852. The SMILES string of the molecule is O=C(O)CC(CCCC1CCCCC1)c1nc(CNC(=O)C2CC2)no1. The summed E-state index contributed by atoms with van der Waals surface area (Å²) in [7, 11) is 0. The second kappa shape index (κ2) is 9.14. The van der Waals surface area contributed by atoms with Crippen molar-refractivity contribution in [3.8, 4) is 0 Å². The highest BCUT2D eigenvalue weighted by molar-refractivity contribution is 5.80. The smallest absolute Gasteiger partial charge is 0.304 e. The maximum atomic E-state index is 11.7. The summed E-state index contributed by atoms with van der Waals surface area (Å²) in [6, 6.07) is 0. The van der Waals surface area contributed by atoms with E-state index in [4.69, 9.17) is 4.52 Å². The second-order valence-corrected chi connectivity index (χ2v) is 7.77. The molecule has 7 nitrogen and oxygen atoms in total. The molecule has 0 aromatic carbocycles. The van der Waals surface area contributed by atoms with Gasteiger partial charge in [0, 0.05) is 11.8 Å². The number of rotatable bonds is 10. The molecule has 1 aromatic rings. The van der Waals surface area contributed by atoms with E-state index in [1.54, 1.807) is 0 Å². The van der Waals surface area contributed by atoms with Crippen molar-refractivity contribution in [2.75, 3.05) is 0 Å². The standard InChI is InChI=1S/C19H29N3O4/c23-17(24)11-15(8-4-7-13-5-2-1-3-6-13)19-21-16(22-26-19)12-20-18(25)14-9-10-14/h13-15H,1-12H2,(H,20,25)(H,23,24). The van der Waals surface area contributed by atoms with E-state index < -0.39 is 5.97 Å². The summed E-state index contributed by atoms with van der Waals surface area (Å²) in [5.41, 5.74) is 0. The van der Waals surface area contributed by atoms with E-state index in [1.165, 1.54) is 32.1 Å². The van der Waals surface area contributed by atoms with Crippen LogP contribution in [-0.2, 0) is 16.1 Å².